The van der Waals surface area contributed by atoms with E-state index in [1.54, 1.807) is 11.8 Å². The van der Waals surface area contributed by atoms with Crippen LogP contribution in [0.5, 0.6) is 0 Å². The molecule has 0 saturated carbocycles. The molecule has 114 valence electrons. The second-order valence-electron chi connectivity index (χ2n) is 4.46. The molecule has 0 aromatic heterocycles. The second-order valence-corrected chi connectivity index (χ2v) is 5.45. The van der Waals surface area contributed by atoms with Gasteiger partial charge < -0.3 is 9.64 Å². The molecule has 0 aliphatic carbocycles. The lowest BCUT2D eigenvalue weighted by molar-refractivity contribution is -0.139. The summed E-state index contributed by atoms with van der Waals surface area (Å²) in [5.74, 6) is 4.93. The number of thioether (sulfide) groups is 1. The highest BCUT2D eigenvalue weighted by molar-refractivity contribution is 8.00. The molecule has 0 aromatic rings. The van der Waals surface area contributed by atoms with Crippen molar-refractivity contribution in [1.82, 2.24) is 10.3 Å². The lowest BCUT2D eigenvalue weighted by Crippen LogP contribution is -2.45. The van der Waals surface area contributed by atoms with Crippen molar-refractivity contribution in [3.05, 3.63) is 0 Å². The molecule has 0 spiro atoms. The number of rotatable bonds is 6. The number of ether oxygens (including phenoxy) is 1. The van der Waals surface area contributed by atoms with E-state index in [1.807, 2.05) is 0 Å². The Morgan fingerprint density at radius 3 is 2.50 bits per heavy atom. The molecular formula is C12H21N3O4S. The number of hydrogen-bond acceptors (Lipinski definition) is 6. The van der Waals surface area contributed by atoms with Gasteiger partial charge in [0.1, 0.15) is 0 Å². The number of carbonyl (C=O) groups excluding carboxylic acids is 3. The lowest BCUT2D eigenvalue weighted by Gasteiger charge is -2.31. The highest BCUT2D eigenvalue weighted by atomic mass is 32.2. The Hall–Kier alpha value is -1.28. The molecule has 1 aliphatic heterocycles. The fourth-order valence-corrected chi connectivity index (χ4v) is 2.73. The number of carbonyl (C=O) groups is 3. The van der Waals surface area contributed by atoms with E-state index in [-0.39, 0.29) is 35.2 Å². The zero-order valence-corrected chi connectivity index (χ0v) is 12.4. The Bertz CT molecular complexity index is 357. The monoisotopic (exact) mass is 303 g/mol. The van der Waals surface area contributed by atoms with Crippen LogP contribution < -0.4 is 11.3 Å². The van der Waals surface area contributed by atoms with Gasteiger partial charge in [-0.2, -0.15) is 0 Å². The molecule has 0 atom stereocenters. The first-order valence-corrected chi connectivity index (χ1v) is 7.75. The molecule has 7 nitrogen and oxygen atoms in total. The summed E-state index contributed by atoms with van der Waals surface area (Å²) >= 11 is 1.25. The third-order valence-electron chi connectivity index (χ3n) is 3.11. The van der Waals surface area contributed by atoms with E-state index in [0.717, 1.165) is 0 Å². The van der Waals surface area contributed by atoms with Gasteiger partial charge in [-0.15, -0.1) is 11.8 Å². The largest absolute Gasteiger partial charge is 0.465 e. The van der Waals surface area contributed by atoms with Gasteiger partial charge in [-0.3, -0.25) is 19.8 Å². The van der Waals surface area contributed by atoms with Gasteiger partial charge in [-0.05, 0) is 19.8 Å². The Morgan fingerprint density at radius 1 is 1.30 bits per heavy atom. The molecule has 8 heteroatoms. The van der Waals surface area contributed by atoms with Gasteiger partial charge in [0.05, 0.1) is 18.1 Å². The number of nitrogens with two attached hydrogens (primary N) is 1. The van der Waals surface area contributed by atoms with Crippen LogP contribution in [0.1, 0.15) is 19.8 Å². The smallest absolute Gasteiger partial charge is 0.315 e. The SMILES string of the molecule is CCOC(=O)CSCC(=O)N1CCC(C(=O)NN)CC1. The average molecular weight is 303 g/mol. The number of nitrogens with one attached hydrogen (secondary N) is 1. The van der Waals surface area contributed by atoms with Gasteiger partial charge in [0.25, 0.3) is 0 Å². The van der Waals surface area contributed by atoms with Crippen molar-refractivity contribution in [3.63, 3.8) is 0 Å². The number of esters is 1. The van der Waals surface area contributed by atoms with Crippen LogP contribution in [-0.2, 0) is 19.1 Å². The predicted octanol–water partition coefficient (Wildman–Crippen LogP) is -0.489. The third kappa shape index (κ3) is 5.38. The highest BCUT2D eigenvalue weighted by Gasteiger charge is 2.26. The summed E-state index contributed by atoms with van der Waals surface area (Å²) in [7, 11) is 0. The van der Waals surface area contributed by atoms with Gasteiger partial charge >= 0.3 is 5.97 Å². The van der Waals surface area contributed by atoms with E-state index in [4.69, 9.17) is 10.6 Å². The minimum atomic E-state index is -0.302. The maximum atomic E-state index is 11.9. The molecule has 0 aromatic carbocycles. The fraction of sp³-hybridized carbons (Fsp3) is 0.750. The van der Waals surface area contributed by atoms with Crippen molar-refractivity contribution in [2.75, 3.05) is 31.2 Å². The van der Waals surface area contributed by atoms with E-state index in [1.165, 1.54) is 11.8 Å². The van der Waals surface area contributed by atoms with Crippen molar-refractivity contribution >= 4 is 29.5 Å². The minimum absolute atomic E-state index is 0.00842. The van der Waals surface area contributed by atoms with Crippen LogP contribution >= 0.6 is 11.8 Å². The maximum Gasteiger partial charge on any atom is 0.315 e. The molecule has 1 fully saturated rings. The number of hydrogen-bond donors (Lipinski definition) is 2. The quantitative estimate of drug-likeness (QED) is 0.297. The summed E-state index contributed by atoms with van der Waals surface area (Å²) < 4.78 is 4.78. The van der Waals surface area contributed by atoms with Gasteiger partial charge in [-0.1, -0.05) is 0 Å². The molecule has 0 bridgehead atoms. The molecule has 0 radical (unpaired) electrons. The number of likely N-dealkylation sites (tertiary alicyclic amines) is 1. The number of piperidine rings is 1. The van der Waals surface area contributed by atoms with Crippen LogP contribution in [0.3, 0.4) is 0 Å². The maximum absolute atomic E-state index is 11.9. The standard InChI is InChI=1S/C12H21N3O4S/c1-2-19-11(17)8-20-7-10(16)15-5-3-9(4-6-15)12(18)14-13/h9H,2-8,13H2,1H3,(H,14,18). The Labute approximate surface area is 122 Å². The molecule has 20 heavy (non-hydrogen) atoms. The molecule has 3 N–H and O–H groups in total. The molecule has 1 aliphatic rings. The first kappa shape index (κ1) is 16.8. The third-order valence-corrected chi connectivity index (χ3v) is 4.00. The normalized spacial score (nSPS) is 15.8. The molecule has 1 rings (SSSR count). The molecule has 0 unspecified atom stereocenters. The predicted molar refractivity (Wildman–Crippen MR) is 75.6 cm³/mol. The van der Waals surface area contributed by atoms with Crippen LogP contribution in [0.25, 0.3) is 0 Å². The zero-order chi connectivity index (χ0) is 15.0. The molecule has 1 saturated heterocycles. The number of amides is 2. The van der Waals surface area contributed by atoms with Crippen LogP contribution in [0.2, 0.25) is 0 Å². The summed E-state index contributed by atoms with van der Waals surface area (Å²) in [4.78, 5) is 36.1. The van der Waals surface area contributed by atoms with Gasteiger partial charge in [0.2, 0.25) is 11.8 Å². The van der Waals surface area contributed by atoms with Gasteiger partial charge in [0, 0.05) is 19.0 Å². The van der Waals surface area contributed by atoms with E-state index in [2.05, 4.69) is 5.43 Å². The number of hydrazine groups is 1. The minimum Gasteiger partial charge on any atom is -0.465 e. The van der Waals surface area contributed by atoms with Crippen LogP contribution in [-0.4, -0.2) is 53.9 Å². The van der Waals surface area contributed by atoms with Crippen molar-refractivity contribution in [2.24, 2.45) is 11.8 Å². The molecule has 1 heterocycles. The van der Waals surface area contributed by atoms with E-state index in [0.29, 0.717) is 32.5 Å². The zero-order valence-electron chi connectivity index (χ0n) is 11.6. The summed E-state index contributed by atoms with van der Waals surface area (Å²) in [6.07, 6.45) is 1.24. The summed E-state index contributed by atoms with van der Waals surface area (Å²) in [5.41, 5.74) is 2.14. The first-order chi connectivity index (χ1) is 9.58. The molecular weight excluding hydrogens is 282 g/mol. The summed E-state index contributed by atoms with van der Waals surface area (Å²) in [6, 6.07) is 0. The van der Waals surface area contributed by atoms with Gasteiger partial charge in [-0.25, -0.2) is 5.84 Å². The Morgan fingerprint density at radius 2 is 1.95 bits per heavy atom. The fourth-order valence-electron chi connectivity index (χ4n) is 2.02. The highest BCUT2D eigenvalue weighted by Crippen LogP contribution is 2.18. The topological polar surface area (TPSA) is 102 Å². The number of nitrogens with zero attached hydrogens (tertiary/aromatic N) is 1. The second kappa shape index (κ2) is 8.80. The van der Waals surface area contributed by atoms with Crippen LogP contribution in [0.4, 0.5) is 0 Å². The van der Waals surface area contributed by atoms with Crippen LogP contribution in [0, 0.1) is 5.92 Å². The average Bonchev–Trinajstić information content (AvgIpc) is 2.46. The van der Waals surface area contributed by atoms with Gasteiger partial charge in [0.15, 0.2) is 0 Å². The van der Waals surface area contributed by atoms with Crippen molar-refractivity contribution in [2.45, 2.75) is 19.8 Å². The lowest BCUT2D eigenvalue weighted by atomic mass is 9.96. The Balaban J connectivity index is 2.22. The van der Waals surface area contributed by atoms with Crippen molar-refractivity contribution in [1.29, 1.82) is 0 Å². The summed E-state index contributed by atoms with van der Waals surface area (Å²) in [5, 5.41) is 0. The van der Waals surface area contributed by atoms with E-state index in [9.17, 15) is 14.4 Å². The van der Waals surface area contributed by atoms with Crippen molar-refractivity contribution < 1.29 is 19.1 Å². The van der Waals surface area contributed by atoms with E-state index < -0.39 is 0 Å². The molecule has 2 amide bonds. The summed E-state index contributed by atoms with van der Waals surface area (Å²) in [6.45, 7) is 3.20. The van der Waals surface area contributed by atoms with E-state index >= 15 is 0 Å². The van der Waals surface area contributed by atoms with Crippen LogP contribution in [0.15, 0.2) is 0 Å². The first-order valence-electron chi connectivity index (χ1n) is 6.60. The Kier molecular flexibility index (Phi) is 7.38. The van der Waals surface area contributed by atoms with Crippen molar-refractivity contribution in [3.8, 4) is 0 Å².